The molecule has 1 fully saturated rings. The van der Waals surface area contributed by atoms with Crippen LogP contribution in [0.1, 0.15) is 16.8 Å². The number of aliphatic hydroxyl groups is 2. The molecule has 0 radical (unpaired) electrons. The van der Waals surface area contributed by atoms with Crippen LogP contribution in [-0.4, -0.2) is 55.7 Å². The van der Waals surface area contributed by atoms with Crippen molar-refractivity contribution >= 4 is 5.91 Å². The summed E-state index contributed by atoms with van der Waals surface area (Å²) in [6.07, 6.45) is -3.28. The van der Waals surface area contributed by atoms with Crippen molar-refractivity contribution in [2.45, 2.75) is 24.5 Å². The van der Waals surface area contributed by atoms with E-state index in [0.717, 1.165) is 11.0 Å². The first-order valence-corrected chi connectivity index (χ1v) is 5.28. The van der Waals surface area contributed by atoms with Crippen molar-refractivity contribution in [3.8, 4) is 0 Å². The number of hydrogen-bond acceptors (Lipinski definition) is 7. The van der Waals surface area contributed by atoms with Crippen LogP contribution in [0.4, 0.5) is 0 Å². The standard InChI is InChI=1S/C8H11N7O4/c9-6(18)7-11-2-15(13-7)8-5(17)4(16)3(19-8)1-12-14-10/h2-5,8,16-17H,1H2,(H2,9,18)/t3-,4+,5?,8-/m1/s1. The maximum absolute atomic E-state index is 10.9. The van der Waals surface area contributed by atoms with E-state index in [9.17, 15) is 15.0 Å². The number of aliphatic hydroxyl groups excluding tert-OH is 2. The molecule has 1 aliphatic rings. The number of amides is 1. The summed E-state index contributed by atoms with van der Waals surface area (Å²) in [6, 6.07) is 0. The number of rotatable bonds is 4. The van der Waals surface area contributed by atoms with E-state index in [4.69, 9.17) is 16.0 Å². The van der Waals surface area contributed by atoms with Crippen molar-refractivity contribution in [3.63, 3.8) is 0 Å². The smallest absolute Gasteiger partial charge is 0.288 e. The topological polar surface area (TPSA) is 172 Å². The van der Waals surface area contributed by atoms with E-state index in [1.165, 1.54) is 0 Å². The van der Waals surface area contributed by atoms with Gasteiger partial charge in [-0.2, -0.15) is 0 Å². The second-order valence-electron chi connectivity index (χ2n) is 3.87. The molecule has 0 saturated carbocycles. The van der Waals surface area contributed by atoms with Crippen molar-refractivity contribution in [2.24, 2.45) is 10.8 Å². The lowest BCUT2D eigenvalue weighted by molar-refractivity contribution is -0.0420. The van der Waals surface area contributed by atoms with Gasteiger partial charge in [0.15, 0.2) is 6.23 Å². The molecule has 11 nitrogen and oxygen atoms in total. The molecule has 2 heterocycles. The van der Waals surface area contributed by atoms with E-state index in [-0.39, 0.29) is 12.4 Å². The zero-order valence-electron chi connectivity index (χ0n) is 9.57. The number of azide groups is 1. The Morgan fingerprint density at radius 1 is 1.63 bits per heavy atom. The SMILES string of the molecule is [N-]=[N+]=NC[C@H]1O[C@@H](n2cnc(C(N)=O)n2)C(O)[C@H]1O. The van der Waals surface area contributed by atoms with E-state index in [1.807, 2.05) is 0 Å². The Bertz CT molecular complexity index is 525. The lowest BCUT2D eigenvalue weighted by atomic mass is 10.1. The van der Waals surface area contributed by atoms with Crippen molar-refractivity contribution in [1.29, 1.82) is 0 Å². The van der Waals surface area contributed by atoms with E-state index in [2.05, 4.69) is 20.1 Å². The Labute approximate surface area is 106 Å². The summed E-state index contributed by atoms with van der Waals surface area (Å²) in [7, 11) is 0. The molecule has 1 amide bonds. The van der Waals surface area contributed by atoms with Crippen LogP contribution in [0.3, 0.4) is 0 Å². The maximum atomic E-state index is 10.9. The number of ether oxygens (including phenoxy) is 1. The minimum atomic E-state index is -1.29. The molecule has 1 saturated heterocycles. The summed E-state index contributed by atoms with van der Waals surface area (Å²) in [5.41, 5.74) is 13.2. The number of carbonyl (C=O) groups excluding carboxylic acids is 1. The summed E-state index contributed by atoms with van der Waals surface area (Å²) >= 11 is 0. The second-order valence-corrected chi connectivity index (χ2v) is 3.87. The Kier molecular flexibility index (Phi) is 3.62. The van der Waals surface area contributed by atoms with Gasteiger partial charge in [0.05, 0.1) is 12.6 Å². The fourth-order valence-corrected chi connectivity index (χ4v) is 1.73. The fraction of sp³-hybridized carbons (Fsp3) is 0.625. The minimum Gasteiger partial charge on any atom is -0.388 e. The predicted octanol–water partition coefficient (Wildman–Crippen LogP) is -1.69. The molecule has 0 bridgehead atoms. The number of primary amides is 1. The third-order valence-electron chi connectivity index (χ3n) is 2.65. The summed E-state index contributed by atoms with van der Waals surface area (Å²) in [5.74, 6) is -1.05. The quantitative estimate of drug-likeness (QED) is 0.334. The molecular formula is C8H11N7O4. The molecule has 4 N–H and O–H groups in total. The number of nitrogens with zero attached hydrogens (tertiary/aromatic N) is 6. The van der Waals surface area contributed by atoms with Crippen LogP contribution >= 0.6 is 0 Å². The monoisotopic (exact) mass is 269 g/mol. The van der Waals surface area contributed by atoms with Crippen LogP contribution < -0.4 is 5.73 Å². The molecule has 102 valence electrons. The molecule has 1 aromatic heterocycles. The molecular weight excluding hydrogens is 258 g/mol. The van der Waals surface area contributed by atoms with Crippen molar-refractivity contribution in [1.82, 2.24) is 14.8 Å². The average molecular weight is 269 g/mol. The van der Waals surface area contributed by atoms with Gasteiger partial charge >= 0.3 is 0 Å². The highest BCUT2D eigenvalue weighted by atomic mass is 16.6. The Morgan fingerprint density at radius 3 is 2.95 bits per heavy atom. The lowest BCUT2D eigenvalue weighted by Gasteiger charge is -2.13. The van der Waals surface area contributed by atoms with E-state index in [0.29, 0.717) is 0 Å². The van der Waals surface area contributed by atoms with E-state index < -0.39 is 30.4 Å². The fourth-order valence-electron chi connectivity index (χ4n) is 1.73. The zero-order chi connectivity index (χ0) is 14.0. The Balaban J connectivity index is 2.16. The van der Waals surface area contributed by atoms with E-state index in [1.54, 1.807) is 0 Å². The lowest BCUT2D eigenvalue weighted by Crippen LogP contribution is -2.32. The number of nitrogens with two attached hydrogens (primary N) is 1. The van der Waals surface area contributed by atoms with Crippen LogP contribution in [0.15, 0.2) is 11.4 Å². The largest absolute Gasteiger partial charge is 0.388 e. The van der Waals surface area contributed by atoms with Crippen LogP contribution in [0, 0.1) is 0 Å². The summed E-state index contributed by atoms with van der Waals surface area (Å²) in [5, 5.41) is 26.5. The first kappa shape index (κ1) is 13.2. The van der Waals surface area contributed by atoms with Gasteiger partial charge in [0.25, 0.3) is 5.91 Å². The van der Waals surface area contributed by atoms with Crippen molar-refractivity contribution in [3.05, 3.63) is 22.6 Å². The highest BCUT2D eigenvalue weighted by Gasteiger charge is 2.43. The maximum Gasteiger partial charge on any atom is 0.288 e. The van der Waals surface area contributed by atoms with Crippen LogP contribution in [0.2, 0.25) is 0 Å². The number of carbonyl (C=O) groups is 1. The number of aromatic nitrogens is 3. The minimum absolute atomic E-state index is 0.136. The van der Waals surface area contributed by atoms with Gasteiger partial charge in [-0.1, -0.05) is 5.11 Å². The first-order valence-electron chi connectivity index (χ1n) is 5.28. The predicted molar refractivity (Wildman–Crippen MR) is 58.5 cm³/mol. The zero-order valence-corrected chi connectivity index (χ0v) is 9.57. The number of hydrogen-bond donors (Lipinski definition) is 3. The van der Waals surface area contributed by atoms with Gasteiger partial charge in [-0.3, -0.25) is 4.79 Å². The van der Waals surface area contributed by atoms with Crippen LogP contribution in [0.25, 0.3) is 10.4 Å². The van der Waals surface area contributed by atoms with Gasteiger partial charge in [-0.15, -0.1) is 5.10 Å². The van der Waals surface area contributed by atoms with Crippen molar-refractivity contribution < 1.29 is 19.7 Å². The van der Waals surface area contributed by atoms with Gasteiger partial charge < -0.3 is 20.7 Å². The first-order chi connectivity index (χ1) is 9.04. The highest BCUT2D eigenvalue weighted by molar-refractivity contribution is 5.88. The van der Waals surface area contributed by atoms with Gasteiger partial charge in [-0.25, -0.2) is 9.67 Å². The Morgan fingerprint density at radius 2 is 2.37 bits per heavy atom. The molecule has 11 heteroatoms. The van der Waals surface area contributed by atoms with Crippen LogP contribution in [-0.2, 0) is 4.74 Å². The molecule has 0 aliphatic carbocycles. The van der Waals surface area contributed by atoms with Gasteiger partial charge in [-0.05, 0) is 5.53 Å². The van der Waals surface area contributed by atoms with Crippen molar-refractivity contribution in [2.75, 3.05) is 6.54 Å². The molecule has 0 aromatic carbocycles. The highest BCUT2D eigenvalue weighted by Crippen LogP contribution is 2.28. The van der Waals surface area contributed by atoms with E-state index >= 15 is 0 Å². The average Bonchev–Trinajstić information content (AvgIpc) is 2.95. The third-order valence-corrected chi connectivity index (χ3v) is 2.65. The molecule has 1 unspecified atom stereocenters. The summed E-state index contributed by atoms with van der Waals surface area (Å²) in [4.78, 5) is 17.0. The molecule has 1 aromatic rings. The molecule has 2 rings (SSSR count). The third kappa shape index (κ3) is 2.48. The van der Waals surface area contributed by atoms with Crippen LogP contribution in [0.5, 0.6) is 0 Å². The normalized spacial score (nSPS) is 30.0. The molecule has 4 atom stereocenters. The summed E-state index contributed by atoms with van der Waals surface area (Å²) < 4.78 is 6.38. The van der Waals surface area contributed by atoms with Gasteiger partial charge in [0, 0.05) is 4.91 Å². The molecule has 19 heavy (non-hydrogen) atoms. The Hall–Kier alpha value is -2.20. The van der Waals surface area contributed by atoms with Gasteiger partial charge in [0.1, 0.15) is 18.5 Å². The van der Waals surface area contributed by atoms with Gasteiger partial charge in [0.2, 0.25) is 5.82 Å². The molecule has 1 aliphatic heterocycles. The summed E-state index contributed by atoms with van der Waals surface area (Å²) in [6.45, 7) is -0.136. The molecule has 0 spiro atoms. The second kappa shape index (κ2) is 5.20.